The van der Waals surface area contributed by atoms with E-state index in [1.54, 1.807) is 36.5 Å². The van der Waals surface area contributed by atoms with Crippen molar-refractivity contribution in [2.24, 2.45) is 0 Å². The summed E-state index contributed by atoms with van der Waals surface area (Å²) in [5.74, 6) is -0.173. The van der Waals surface area contributed by atoms with E-state index < -0.39 is 0 Å². The first-order chi connectivity index (χ1) is 11.0. The van der Waals surface area contributed by atoms with E-state index in [0.717, 1.165) is 22.3 Å². The Balaban J connectivity index is 1.97. The van der Waals surface area contributed by atoms with Crippen molar-refractivity contribution in [3.8, 4) is 0 Å². The highest BCUT2D eigenvalue weighted by Gasteiger charge is 2.09. The Morgan fingerprint density at radius 2 is 1.83 bits per heavy atom. The first kappa shape index (κ1) is 14.8. The highest BCUT2D eigenvalue weighted by atomic mass is 16.1. The fraction of sp³-hybridized carbons (Fsp3) is 0.111. The van der Waals surface area contributed by atoms with E-state index in [0.29, 0.717) is 11.3 Å². The number of hydrogen-bond donors (Lipinski definition) is 2. The molecule has 0 atom stereocenters. The second kappa shape index (κ2) is 5.96. The molecule has 0 aliphatic heterocycles. The van der Waals surface area contributed by atoms with Gasteiger partial charge < -0.3 is 16.0 Å². The molecule has 0 aliphatic rings. The minimum Gasteiger partial charge on any atom is -0.399 e. The molecule has 0 saturated carbocycles. The van der Waals surface area contributed by atoms with Crippen molar-refractivity contribution in [3.63, 3.8) is 0 Å². The zero-order valence-corrected chi connectivity index (χ0v) is 13.1. The first-order valence-corrected chi connectivity index (χ1v) is 7.27. The average Bonchev–Trinajstić information content (AvgIpc) is 2.55. The van der Waals surface area contributed by atoms with Crippen LogP contribution in [0.4, 0.5) is 17.1 Å². The third-order valence-electron chi connectivity index (χ3n) is 3.66. The zero-order valence-electron chi connectivity index (χ0n) is 13.1. The number of aromatic nitrogens is 1. The van der Waals surface area contributed by atoms with Gasteiger partial charge in [0.2, 0.25) is 0 Å². The molecule has 0 unspecified atom stereocenters. The summed E-state index contributed by atoms with van der Waals surface area (Å²) in [7, 11) is 3.95. The van der Waals surface area contributed by atoms with Gasteiger partial charge in [0.25, 0.3) is 5.91 Å². The van der Waals surface area contributed by atoms with Gasteiger partial charge in [-0.2, -0.15) is 0 Å². The Morgan fingerprint density at radius 3 is 2.52 bits per heavy atom. The maximum atomic E-state index is 12.4. The Labute approximate surface area is 134 Å². The molecule has 3 N–H and O–H groups in total. The molecule has 5 heteroatoms. The second-order valence-electron chi connectivity index (χ2n) is 5.53. The maximum absolute atomic E-state index is 12.4. The molecule has 0 saturated heterocycles. The number of nitrogens with zero attached hydrogens (tertiary/aromatic N) is 2. The van der Waals surface area contributed by atoms with Gasteiger partial charge in [-0.3, -0.25) is 9.78 Å². The summed E-state index contributed by atoms with van der Waals surface area (Å²) in [6.45, 7) is 0. The van der Waals surface area contributed by atoms with Crippen molar-refractivity contribution >= 4 is 33.9 Å². The summed E-state index contributed by atoms with van der Waals surface area (Å²) in [5.41, 5.74) is 9.47. The number of benzene rings is 2. The number of fused-ring (bicyclic) bond motifs is 1. The number of amides is 1. The summed E-state index contributed by atoms with van der Waals surface area (Å²) in [5, 5.41) is 3.85. The fourth-order valence-electron chi connectivity index (χ4n) is 2.35. The van der Waals surface area contributed by atoms with Gasteiger partial charge in [0.05, 0.1) is 11.2 Å². The minimum atomic E-state index is -0.173. The van der Waals surface area contributed by atoms with Crippen molar-refractivity contribution in [2.75, 3.05) is 30.0 Å². The molecule has 3 rings (SSSR count). The van der Waals surface area contributed by atoms with Crippen LogP contribution in [0, 0.1) is 0 Å². The molecule has 1 amide bonds. The second-order valence-corrected chi connectivity index (χ2v) is 5.53. The van der Waals surface area contributed by atoms with E-state index in [4.69, 9.17) is 5.73 Å². The van der Waals surface area contributed by atoms with Crippen molar-refractivity contribution in [1.82, 2.24) is 4.98 Å². The number of nitrogens with one attached hydrogen (secondary N) is 1. The topological polar surface area (TPSA) is 71.2 Å². The van der Waals surface area contributed by atoms with Crippen molar-refractivity contribution in [1.29, 1.82) is 0 Å². The van der Waals surface area contributed by atoms with Crippen LogP contribution < -0.4 is 16.0 Å². The van der Waals surface area contributed by atoms with Crippen LogP contribution in [0.2, 0.25) is 0 Å². The molecule has 3 aromatic rings. The molecule has 0 aliphatic carbocycles. The van der Waals surface area contributed by atoms with Crippen LogP contribution >= 0.6 is 0 Å². The van der Waals surface area contributed by atoms with Gasteiger partial charge in [-0.05, 0) is 48.5 Å². The van der Waals surface area contributed by atoms with E-state index in [-0.39, 0.29) is 5.91 Å². The number of rotatable bonds is 3. The summed E-state index contributed by atoms with van der Waals surface area (Å²) < 4.78 is 0. The normalized spacial score (nSPS) is 10.5. The predicted octanol–water partition coefficient (Wildman–Crippen LogP) is 3.14. The Hall–Kier alpha value is -3.08. The highest BCUT2D eigenvalue weighted by molar-refractivity contribution is 6.09. The number of carbonyl (C=O) groups is 1. The summed E-state index contributed by atoms with van der Waals surface area (Å²) in [6, 6.07) is 14.6. The third kappa shape index (κ3) is 3.08. The van der Waals surface area contributed by atoms with Gasteiger partial charge in [-0.25, -0.2) is 0 Å². The van der Waals surface area contributed by atoms with Gasteiger partial charge in [-0.15, -0.1) is 0 Å². The van der Waals surface area contributed by atoms with Crippen LogP contribution in [-0.2, 0) is 0 Å². The molecule has 5 nitrogen and oxygen atoms in total. The maximum Gasteiger partial charge on any atom is 0.255 e. The molecular weight excluding hydrogens is 288 g/mol. The molecular formula is C18H18N4O. The Morgan fingerprint density at radius 1 is 1.09 bits per heavy atom. The van der Waals surface area contributed by atoms with Gasteiger partial charge in [-0.1, -0.05) is 0 Å². The fourth-order valence-corrected chi connectivity index (χ4v) is 2.35. The van der Waals surface area contributed by atoms with Crippen LogP contribution in [0.5, 0.6) is 0 Å². The number of nitrogens with two attached hydrogens (primary N) is 1. The lowest BCUT2D eigenvalue weighted by molar-refractivity contribution is 0.102. The van der Waals surface area contributed by atoms with Crippen molar-refractivity contribution in [2.45, 2.75) is 0 Å². The summed E-state index contributed by atoms with van der Waals surface area (Å²) >= 11 is 0. The molecule has 2 aromatic carbocycles. The Bertz CT molecular complexity index is 857. The minimum absolute atomic E-state index is 0.173. The van der Waals surface area contributed by atoms with E-state index in [9.17, 15) is 4.79 Å². The number of carbonyl (C=O) groups excluding carboxylic acids is 1. The van der Waals surface area contributed by atoms with E-state index >= 15 is 0 Å². The number of hydrogen-bond acceptors (Lipinski definition) is 4. The number of pyridine rings is 1. The third-order valence-corrected chi connectivity index (χ3v) is 3.66. The van der Waals surface area contributed by atoms with Crippen LogP contribution in [0.15, 0.2) is 54.7 Å². The van der Waals surface area contributed by atoms with Gasteiger partial charge in [0.1, 0.15) is 0 Å². The van der Waals surface area contributed by atoms with E-state index in [1.165, 1.54) is 0 Å². The summed E-state index contributed by atoms with van der Waals surface area (Å²) in [4.78, 5) is 18.8. The SMILES string of the molecule is CN(C)c1ccc2nccc(NC(=O)c3ccc(N)cc3)c2c1. The highest BCUT2D eigenvalue weighted by Crippen LogP contribution is 2.26. The summed E-state index contributed by atoms with van der Waals surface area (Å²) in [6.07, 6.45) is 1.69. The van der Waals surface area contributed by atoms with Crippen LogP contribution in [0.25, 0.3) is 10.9 Å². The molecule has 0 fully saturated rings. The van der Waals surface area contributed by atoms with Gasteiger partial charge in [0, 0.05) is 42.6 Å². The average molecular weight is 306 g/mol. The lowest BCUT2D eigenvalue weighted by Crippen LogP contribution is -2.13. The van der Waals surface area contributed by atoms with Crippen molar-refractivity contribution < 1.29 is 4.79 Å². The molecule has 1 heterocycles. The monoisotopic (exact) mass is 306 g/mol. The van der Waals surface area contributed by atoms with E-state index in [2.05, 4.69) is 10.3 Å². The van der Waals surface area contributed by atoms with Gasteiger partial charge >= 0.3 is 0 Å². The smallest absolute Gasteiger partial charge is 0.255 e. The molecule has 1 aromatic heterocycles. The van der Waals surface area contributed by atoms with Crippen molar-refractivity contribution in [3.05, 3.63) is 60.3 Å². The number of nitrogen functional groups attached to an aromatic ring is 1. The molecule has 0 spiro atoms. The lowest BCUT2D eigenvalue weighted by Gasteiger charge is -2.14. The predicted molar refractivity (Wildman–Crippen MR) is 94.9 cm³/mol. The molecule has 23 heavy (non-hydrogen) atoms. The van der Waals surface area contributed by atoms with Crippen LogP contribution in [-0.4, -0.2) is 25.0 Å². The molecule has 116 valence electrons. The molecule has 0 radical (unpaired) electrons. The zero-order chi connectivity index (χ0) is 16.4. The molecule has 0 bridgehead atoms. The van der Waals surface area contributed by atoms with Crippen LogP contribution in [0.1, 0.15) is 10.4 Å². The standard InChI is InChI=1S/C18H18N4O/c1-22(2)14-7-8-16-15(11-14)17(9-10-20-16)21-18(23)12-3-5-13(19)6-4-12/h3-11H,19H2,1-2H3,(H,20,21,23). The van der Waals surface area contributed by atoms with Gasteiger partial charge in [0.15, 0.2) is 0 Å². The quantitative estimate of drug-likeness (QED) is 0.729. The first-order valence-electron chi connectivity index (χ1n) is 7.27. The van der Waals surface area contributed by atoms with E-state index in [1.807, 2.05) is 37.2 Å². The lowest BCUT2D eigenvalue weighted by atomic mass is 10.1. The largest absolute Gasteiger partial charge is 0.399 e. The van der Waals surface area contributed by atoms with Crippen LogP contribution in [0.3, 0.4) is 0 Å². The Kier molecular flexibility index (Phi) is 3.85. The number of anilines is 3.